The summed E-state index contributed by atoms with van der Waals surface area (Å²) in [5.74, 6) is 0. The molecule has 0 atom stereocenters. The van der Waals surface area contributed by atoms with Gasteiger partial charge in [-0.25, -0.2) is 13.4 Å². The molecule has 0 saturated carbocycles. The summed E-state index contributed by atoms with van der Waals surface area (Å²) in [6.07, 6.45) is 0. The van der Waals surface area contributed by atoms with Crippen LogP contribution in [0.15, 0.2) is 40.1 Å². The van der Waals surface area contributed by atoms with E-state index in [0.717, 1.165) is 17.8 Å². The fourth-order valence-electron chi connectivity index (χ4n) is 1.79. The standard InChI is InChI=1S/C13H17N3O2S2/c1-14-7-11-3-5-13(6-4-11)20(17,18)16(2)8-12-9-19-10-15-12/h3-6,9-10,14H,7-8H2,1-2H3. The van der Waals surface area contributed by atoms with Crippen LogP contribution in [0.3, 0.4) is 0 Å². The van der Waals surface area contributed by atoms with Crippen LogP contribution in [0.25, 0.3) is 0 Å². The first-order valence-electron chi connectivity index (χ1n) is 6.11. The Morgan fingerprint density at radius 2 is 2.00 bits per heavy atom. The highest BCUT2D eigenvalue weighted by Crippen LogP contribution is 2.17. The van der Waals surface area contributed by atoms with E-state index < -0.39 is 10.0 Å². The van der Waals surface area contributed by atoms with Crippen LogP contribution in [0.2, 0.25) is 0 Å². The third-order valence-electron chi connectivity index (χ3n) is 2.88. The van der Waals surface area contributed by atoms with E-state index in [4.69, 9.17) is 0 Å². The lowest BCUT2D eigenvalue weighted by Gasteiger charge is -2.16. The van der Waals surface area contributed by atoms with Crippen molar-refractivity contribution in [1.82, 2.24) is 14.6 Å². The average molecular weight is 311 g/mol. The molecule has 108 valence electrons. The molecular weight excluding hydrogens is 294 g/mol. The lowest BCUT2D eigenvalue weighted by molar-refractivity contribution is 0.463. The van der Waals surface area contributed by atoms with Crippen LogP contribution in [0, 0.1) is 0 Å². The lowest BCUT2D eigenvalue weighted by Crippen LogP contribution is -2.26. The molecule has 0 aliphatic carbocycles. The third-order valence-corrected chi connectivity index (χ3v) is 5.33. The molecule has 2 aromatic rings. The van der Waals surface area contributed by atoms with Gasteiger partial charge in [0.25, 0.3) is 0 Å². The molecule has 0 aliphatic heterocycles. The van der Waals surface area contributed by atoms with E-state index in [0.29, 0.717) is 4.90 Å². The predicted octanol–water partition coefficient (Wildman–Crippen LogP) is 1.68. The largest absolute Gasteiger partial charge is 0.316 e. The smallest absolute Gasteiger partial charge is 0.243 e. The fraction of sp³-hybridized carbons (Fsp3) is 0.308. The van der Waals surface area contributed by atoms with Gasteiger partial charge in [-0.15, -0.1) is 11.3 Å². The van der Waals surface area contributed by atoms with E-state index in [1.54, 1.807) is 24.7 Å². The Morgan fingerprint density at radius 1 is 1.30 bits per heavy atom. The van der Waals surface area contributed by atoms with E-state index in [2.05, 4.69) is 10.3 Å². The number of nitrogens with one attached hydrogen (secondary N) is 1. The Morgan fingerprint density at radius 3 is 2.55 bits per heavy atom. The van der Waals surface area contributed by atoms with Gasteiger partial charge in [-0.2, -0.15) is 4.31 Å². The highest BCUT2D eigenvalue weighted by molar-refractivity contribution is 7.89. The number of nitrogens with zero attached hydrogens (tertiary/aromatic N) is 2. The molecule has 0 aliphatic rings. The molecule has 0 fully saturated rings. The van der Waals surface area contributed by atoms with Crippen molar-refractivity contribution in [2.45, 2.75) is 18.0 Å². The summed E-state index contributed by atoms with van der Waals surface area (Å²) in [4.78, 5) is 4.41. The second-order valence-corrected chi connectivity index (χ2v) is 7.18. The quantitative estimate of drug-likeness (QED) is 0.882. The van der Waals surface area contributed by atoms with Gasteiger partial charge in [0.1, 0.15) is 0 Å². The highest BCUT2D eigenvalue weighted by Gasteiger charge is 2.21. The summed E-state index contributed by atoms with van der Waals surface area (Å²) in [5, 5.41) is 4.88. The molecule has 1 N–H and O–H groups in total. The Labute approximate surface area is 123 Å². The minimum absolute atomic E-state index is 0.282. The molecule has 0 unspecified atom stereocenters. The Kier molecular flexibility index (Phi) is 4.87. The summed E-state index contributed by atoms with van der Waals surface area (Å²) in [5.41, 5.74) is 3.50. The van der Waals surface area contributed by atoms with Gasteiger partial charge in [-0.05, 0) is 24.7 Å². The van der Waals surface area contributed by atoms with Crippen molar-refractivity contribution in [3.63, 3.8) is 0 Å². The Hall–Kier alpha value is -1.28. The molecule has 20 heavy (non-hydrogen) atoms. The van der Waals surface area contributed by atoms with Crippen molar-refractivity contribution in [1.29, 1.82) is 0 Å². The molecular formula is C13H17N3O2S2. The minimum atomic E-state index is -3.47. The molecule has 0 spiro atoms. The second kappa shape index (κ2) is 6.45. The van der Waals surface area contributed by atoms with Crippen LogP contribution in [0.4, 0.5) is 0 Å². The Bertz CT molecular complexity index is 637. The summed E-state index contributed by atoms with van der Waals surface area (Å²) in [6.45, 7) is 0.999. The van der Waals surface area contributed by atoms with Gasteiger partial charge in [-0.1, -0.05) is 12.1 Å². The molecule has 1 heterocycles. The molecule has 5 nitrogen and oxygen atoms in total. The van der Waals surface area contributed by atoms with Crippen LogP contribution in [-0.2, 0) is 23.1 Å². The highest BCUT2D eigenvalue weighted by atomic mass is 32.2. The molecule has 2 rings (SSSR count). The maximum atomic E-state index is 12.4. The van der Waals surface area contributed by atoms with Gasteiger partial charge in [0, 0.05) is 19.0 Å². The first kappa shape index (κ1) is 15.1. The van der Waals surface area contributed by atoms with E-state index in [1.807, 2.05) is 24.6 Å². The number of thiazole rings is 1. The van der Waals surface area contributed by atoms with Gasteiger partial charge in [0.15, 0.2) is 0 Å². The second-order valence-electron chi connectivity index (χ2n) is 4.42. The van der Waals surface area contributed by atoms with Crippen molar-refractivity contribution >= 4 is 21.4 Å². The van der Waals surface area contributed by atoms with Gasteiger partial charge >= 0.3 is 0 Å². The normalized spacial score (nSPS) is 11.9. The summed E-state index contributed by atoms with van der Waals surface area (Å²) in [7, 11) is -0.0501. The maximum absolute atomic E-state index is 12.4. The molecule has 1 aromatic heterocycles. The number of benzene rings is 1. The molecule has 0 radical (unpaired) electrons. The van der Waals surface area contributed by atoms with Gasteiger partial charge in [0.2, 0.25) is 10.0 Å². The first-order valence-corrected chi connectivity index (χ1v) is 8.49. The van der Waals surface area contributed by atoms with Crippen LogP contribution >= 0.6 is 11.3 Å². The molecule has 1 aromatic carbocycles. The van der Waals surface area contributed by atoms with E-state index >= 15 is 0 Å². The zero-order valence-corrected chi connectivity index (χ0v) is 13.0. The zero-order valence-electron chi connectivity index (χ0n) is 11.4. The minimum Gasteiger partial charge on any atom is -0.316 e. The summed E-state index contributed by atoms with van der Waals surface area (Å²) >= 11 is 1.46. The van der Waals surface area contributed by atoms with Crippen molar-refractivity contribution in [3.05, 3.63) is 46.4 Å². The number of hydrogen-bond acceptors (Lipinski definition) is 5. The van der Waals surface area contributed by atoms with Crippen molar-refractivity contribution in [2.24, 2.45) is 0 Å². The third kappa shape index (κ3) is 3.43. The number of rotatable bonds is 6. The van der Waals surface area contributed by atoms with Crippen molar-refractivity contribution in [2.75, 3.05) is 14.1 Å². The van der Waals surface area contributed by atoms with Gasteiger partial charge in [0.05, 0.1) is 22.6 Å². The SMILES string of the molecule is CNCc1ccc(S(=O)(=O)N(C)Cc2cscn2)cc1. The number of aromatic nitrogens is 1. The molecule has 0 amide bonds. The van der Waals surface area contributed by atoms with Crippen LogP contribution in [0.1, 0.15) is 11.3 Å². The van der Waals surface area contributed by atoms with Gasteiger partial charge in [-0.3, -0.25) is 0 Å². The first-order chi connectivity index (χ1) is 9.54. The number of sulfonamides is 1. The Balaban J connectivity index is 2.16. The van der Waals surface area contributed by atoms with E-state index in [1.165, 1.54) is 15.6 Å². The fourth-order valence-corrected chi connectivity index (χ4v) is 3.48. The number of hydrogen-bond donors (Lipinski definition) is 1. The molecule has 0 bridgehead atoms. The van der Waals surface area contributed by atoms with Crippen molar-refractivity contribution < 1.29 is 8.42 Å². The maximum Gasteiger partial charge on any atom is 0.243 e. The van der Waals surface area contributed by atoms with Gasteiger partial charge < -0.3 is 5.32 Å². The monoisotopic (exact) mass is 311 g/mol. The summed E-state index contributed by atoms with van der Waals surface area (Å²) in [6, 6.07) is 6.92. The zero-order chi connectivity index (χ0) is 14.6. The van der Waals surface area contributed by atoms with Crippen LogP contribution in [-0.4, -0.2) is 31.8 Å². The van der Waals surface area contributed by atoms with E-state index in [9.17, 15) is 8.42 Å². The topological polar surface area (TPSA) is 62.3 Å². The predicted molar refractivity (Wildman–Crippen MR) is 80.0 cm³/mol. The van der Waals surface area contributed by atoms with Crippen LogP contribution < -0.4 is 5.32 Å². The average Bonchev–Trinajstić information content (AvgIpc) is 2.92. The van der Waals surface area contributed by atoms with Crippen LogP contribution in [0.5, 0.6) is 0 Å². The molecule has 7 heteroatoms. The summed E-state index contributed by atoms with van der Waals surface area (Å²) < 4.78 is 26.1. The molecule has 0 saturated heterocycles. The van der Waals surface area contributed by atoms with E-state index in [-0.39, 0.29) is 6.54 Å². The lowest BCUT2D eigenvalue weighted by atomic mass is 10.2. The van der Waals surface area contributed by atoms with Crippen molar-refractivity contribution in [3.8, 4) is 0 Å².